The molecule has 1 saturated carbocycles. The van der Waals surface area contributed by atoms with Crippen LogP contribution in [0, 0.1) is 24.7 Å². The van der Waals surface area contributed by atoms with E-state index < -0.39 is 5.95 Å². The molecule has 1 aliphatic heterocycles. The van der Waals surface area contributed by atoms with Crippen LogP contribution in [0.2, 0.25) is 0 Å². The van der Waals surface area contributed by atoms with Crippen molar-refractivity contribution < 1.29 is 19.3 Å². The van der Waals surface area contributed by atoms with Crippen LogP contribution in [0.3, 0.4) is 0 Å². The average Bonchev–Trinajstić information content (AvgIpc) is 3.22. The number of hydrogen-bond acceptors (Lipinski definition) is 6. The molecule has 2 fully saturated rings. The Hall–Kier alpha value is -2.25. The number of fused-ring (bicyclic) bond motifs is 1. The van der Waals surface area contributed by atoms with Crippen LogP contribution in [0.1, 0.15) is 36.6 Å². The van der Waals surface area contributed by atoms with Gasteiger partial charge in [-0.3, -0.25) is 4.98 Å². The summed E-state index contributed by atoms with van der Waals surface area (Å²) in [6, 6.07) is 6.92. The zero-order valence-electron chi connectivity index (χ0n) is 16.7. The molecule has 1 aliphatic carbocycles. The van der Waals surface area contributed by atoms with Gasteiger partial charge in [-0.25, -0.2) is 4.98 Å². The number of halogens is 1. The van der Waals surface area contributed by atoms with Gasteiger partial charge < -0.3 is 19.8 Å². The van der Waals surface area contributed by atoms with Crippen molar-refractivity contribution in [3.05, 3.63) is 47.8 Å². The quantitative estimate of drug-likeness (QED) is 0.695. The second kappa shape index (κ2) is 8.63. The van der Waals surface area contributed by atoms with Gasteiger partial charge in [-0.15, -0.1) is 0 Å². The predicted molar refractivity (Wildman–Crippen MR) is 106 cm³/mol. The molecule has 0 radical (unpaired) electrons. The van der Waals surface area contributed by atoms with E-state index in [1.165, 1.54) is 6.20 Å². The van der Waals surface area contributed by atoms with Gasteiger partial charge in [-0.05, 0) is 62.3 Å². The number of ether oxygens (including phenoxy) is 1. The predicted octanol–water partition coefficient (Wildman–Crippen LogP) is 2.89. The minimum Gasteiger partial charge on any atom is -0.506 e. The van der Waals surface area contributed by atoms with E-state index in [2.05, 4.69) is 14.9 Å². The Morgan fingerprint density at radius 1 is 1.21 bits per heavy atom. The number of aryl methyl sites for hydroxylation is 1. The van der Waals surface area contributed by atoms with Crippen molar-refractivity contribution in [1.29, 1.82) is 0 Å². The maximum Gasteiger partial charge on any atom is 0.255 e. The number of aromatic nitrogens is 2. The summed E-state index contributed by atoms with van der Waals surface area (Å²) in [5.74, 6) is 1.10. The number of aliphatic hydroxyl groups is 1. The van der Waals surface area contributed by atoms with Crippen molar-refractivity contribution in [2.75, 3.05) is 26.2 Å². The molecular weight excluding hydrogens is 373 g/mol. The maximum absolute atomic E-state index is 14.0. The lowest BCUT2D eigenvalue weighted by Gasteiger charge is -2.24. The summed E-state index contributed by atoms with van der Waals surface area (Å²) in [6.45, 7) is 4.69. The van der Waals surface area contributed by atoms with Crippen molar-refractivity contribution in [1.82, 2.24) is 14.9 Å². The number of rotatable bonds is 7. The molecule has 29 heavy (non-hydrogen) atoms. The topological polar surface area (TPSA) is 78.7 Å². The van der Waals surface area contributed by atoms with Crippen LogP contribution >= 0.6 is 0 Å². The van der Waals surface area contributed by atoms with Gasteiger partial charge in [0.2, 0.25) is 0 Å². The van der Waals surface area contributed by atoms with Crippen LogP contribution in [0.15, 0.2) is 30.5 Å². The van der Waals surface area contributed by atoms with Gasteiger partial charge in [0.1, 0.15) is 5.75 Å². The molecule has 0 spiro atoms. The molecular formula is C22H28FN3O3. The highest BCUT2D eigenvalue weighted by Crippen LogP contribution is 2.40. The van der Waals surface area contributed by atoms with Gasteiger partial charge in [0.05, 0.1) is 12.3 Å². The smallest absolute Gasteiger partial charge is 0.255 e. The highest BCUT2D eigenvalue weighted by atomic mass is 19.1. The SMILES string of the molecule is Cc1ccc(OC2C[C@@H]3CN(CC(CCO)c4ccc(O)cn4)C[C@@H]3C2)c(F)n1. The van der Waals surface area contributed by atoms with Gasteiger partial charge in [0.15, 0.2) is 5.75 Å². The third kappa shape index (κ3) is 4.67. The molecule has 7 heteroatoms. The number of pyridine rings is 2. The Kier molecular flexibility index (Phi) is 5.96. The Morgan fingerprint density at radius 3 is 2.59 bits per heavy atom. The Bertz CT molecular complexity index is 819. The zero-order chi connectivity index (χ0) is 20.4. The molecule has 4 atom stereocenters. The van der Waals surface area contributed by atoms with E-state index in [0.717, 1.165) is 38.2 Å². The molecule has 2 N–H and O–H groups in total. The largest absolute Gasteiger partial charge is 0.506 e. The van der Waals surface area contributed by atoms with E-state index in [1.807, 2.05) is 6.07 Å². The van der Waals surface area contributed by atoms with E-state index in [4.69, 9.17) is 4.74 Å². The minimum atomic E-state index is -0.531. The van der Waals surface area contributed by atoms with E-state index in [0.29, 0.717) is 24.0 Å². The minimum absolute atomic E-state index is 0.0400. The fourth-order valence-electron chi connectivity index (χ4n) is 4.81. The first-order valence-electron chi connectivity index (χ1n) is 10.3. The summed E-state index contributed by atoms with van der Waals surface area (Å²) in [5, 5.41) is 18.9. The fourth-order valence-corrected chi connectivity index (χ4v) is 4.81. The van der Waals surface area contributed by atoms with E-state index >= 15 is 0 Å². The molecule has 2 aromatic heterocycles. The Labute approximate surface area is 170 Å². The number of nitrogens with zero attached hydrogens (tertiary/aromatic N) is 3. The first kappa shape index (κ1) is 20.0. The van der Waals surface area contributed by atoms with Crippen LogP contribution in [0.5, 0.6) is 11.5 Å². The fraction of sp³-hybridized carbons (Fsp3) is 0.545. The van der Waals surface area contributed by atoms with Crippen molar-refractivity contribution in [3.63, 3.8) is 0 Å². The van der Waals surface area contributed by atoms with E-state index in [9.17, 15) is 14.6 Å². The molecule has 2 unspecified atom stereocenters. The molecule has 6 nitrogen and oxygen atoms in total. The monoisotopic (exact) mass is 401 g/mol. The summed E-state index contributed by atoms with van der Waals surface area (Å²) >= 11 is 0. The maximum atomic E-state index is 14.0. The normalized spacial score (nSPS) is 25.1. The highest BCUT2D eigenvalue weighted by molar-refractivity contribution is 5.22. The molecule has 2 aromatic rings. The molecule has 0 aromatic carbocycles. The lowest BCUT2D eigenvalue weighted by molar-refractivity contribution is 0.173. The molecule has 2 aliphatic rings. The van der Waals surface area contributed by atoms with E-state index in [-0.39, 0.29) is 30.1 Å². The summed E-state index contributed by atoms with van der Waals surface area (Å²) in [6.07, 6.45) is 4.00. The molecule has 0 amide bonds. The molecule has 156 valence electrons. The molecule has 1 saturated heterocycles. The summed E-state index contributed by atoms with van der Waals surface area (Å²) in [7, 11) is 0. The molecule has 0 bridgehead atoms. The van der Waals surface area contributed by atoms with Crippen molar-refractivity contribution in [2.24, 2.45) is 11.8 Å². The van der Waals surface area contributed by atoms with Gasteiger partial charge in [0.25, 0.3) is 5.95 Å². The second-order valence-electron chi connectivity index (χ2n) is 8.34. The summed E-state index contributed by atoms with van der Waals surface area (Å²) in [4.78, 5) is 10.6. The van der Waals surface area contributed by atoms with Crippen LogP contribution < -0.4 is 4.74 Å². The van der Waals surface area contributed by atoms with Crippen molar-refractivity contribution in [2.45, 2.75) is 38.2 Å². The number of aromatic hydroxyl groups is 1. The lowest BCUT2D eigenvalue weighted by atomic mass is 10.00. The number of hydrogen-bond donors (Lipinski definition) is 2. The van der Waals surface area contributed by atoms with Gasteiger partial charge in [-0.2, -0.15) is 4.39 Å². The van der Waals surface area contributed by atoms with Crippen molar-refractivity contribution in [3.8, 4) is 11.5 Å². The van der Waals surface area contributed by atoms with Crippen LogP contribution in [-0.4, -0.2) is 57.4 Å². The van der Waals surface area contributed by atoms with Crippen LogP contribution in [0.25, 0.3) is 0 Å². The average molecular weight is 401 g/mol. The Balaban J connectivity index is 1.32. The lowest BCUT2D eigenvalue weighted by Crippen LogP contribution is -2.29. The third-order valence-electron chi connectivity index (χ3n) is 6.18. The van der Waals surface area contributed by atoms with Gasteiger partial charge in [-0.1, -0.05) is 0 Å². The first-order valence-corrected chi connectivity index (χ1v) is 10.3. The highest BCUT2D eigenvalue weighted by Gasteiger charge is 2.42. The van der Waals surface area contributed by atoms with E-state index in [1.54, 1.807) is 25.1 Å². The third-order valence-corrected chi connectivity index (χ3v) is 6.18. The Morgan fingerprint density at radius 2 is 1.97 bits per heavy atom. The molecule has 4 rings (SSSR count). The zero-order valence-corrected chi connectivity index (χ0v) is 16.7. The van der Waals surface area contributed by atoms with Gasteiger partial charge >= 0.3 is 0 Å². The molecule has 3 heterocycles. The summed E-state index contributed by atoms with van der Waals surface area (Å²) < 4.78 is 19.9. The number of aliphatic hydroxyl groups excluding tert-OH is 1. The number of likely N-dealkylation sites (tertiary alicyclic amines) is 1. The van der Waals surface area contributed by atoms with Crippen molar-refractivity contribution >= 4 is 0 Å². The standard InChI is InChI=1S/C22H28FN3O3/c1-14-2-5-21(22(23)25-14)29-19-8-16-12-26(13-17(16)9-19)11-15(6-7-27)20-4-3-18(28)10-24-20/h2-5,10,15-17,19,27-28H,6-9,11-13H2,1H3/t15?,16-,17+,19?. The van der Waals surface area contributed by atoms with Gasteiger partial charge in [0, 0.05) is 43.5 Å². The van der Waals surface area contributed by atoms with Crippen LogP contribution in [0.4, 0.5) is 4.39 Å². The van der Waals surface area contributed by atoms with Crippen LogP contribution in [-0.2, 0) is 0 Å². The summed E-state index contributed by atoms with van der Waals surface area (Å²) in [5.41, 5.74) is 1.55. The second-order valence-corrected chi connectivity index (χ2v) is 8.34. The first-order chi connectivity index (χ1) is 14.0.